The molecule has 4 N–H and O–H groups in total. The molecule has 2 amide bonds. The molecular formula is C23H27ClN6O. The summed E-state index contributed by atoms with van der Waals surface area (Å²) in [7, 11) is 0. The Balaban J connectivity index is 1.53. The number of benzene rings is 2. The molecule has 0 saturated carbocycles. The highest BCUT2D eigenvalue weighted by Gasteiger charge is 2.20. The fourth-order valence-corrected chi connectivity index (χ4v) is 3.93. The van der Waals surface area contributed by atoms with E-state index in [-0.39, 0.29) is 6.03 Å². The first-order valence-corrected chi connectivity index (χ1v) is 11.0. The summed E-state index contributed by atoms with van der Waals surface area (Å²) in [6.45, 7) is 3.63. The van der Waals surface area contributed by atoms with Crippen LogP contribution in [-0.4, -0.2) is 46.9 Å². The third kappa shape index (κ3) is 5.18. The molecule has 8 heteroatoms. The Bertz CT molecular complexity index is 1010. The zero-order valence-electron chi connectivity index (χ0n) is 17.4. The molecule has 7 nitrogen and oxygen atoms in total. The molecule has 0 unspecified atom stereocenters. The van der Waals surface area contributed by atoms with Crippen LogP contribution in [0.3, 0.4) is 0 Å². The Kier molecular flexibility index (Phi) is 6.74. The maximum Gasteiger partial charge on any atom is 0.319 e. The van der Waals surface area contributed by atoms with Crippen molar-refractivity contribution in [3.05, 3.63) is 59.6 Å². The Morgan fingerprint density at radius 1 is 1.03 bits per heavy atom. The summed E-state index contributed by atoms with van der Waals surface area (Å²) in [5.74, 6) is 0.354. The van der Waals surface area contributed by atoms with Crippen molar-refractivity contribution < 1.29 is 4.79 Å². The highest BCUT2D eigenvalue weighted by Crippen LogP contribution is 2.34. The number of urea groups is 1. The first kappa shape index (κ1) is 21.2. The minimum absolute atomic E-state index is 0.295. The van der Waals surface area contributed by atoms with E-state index in [4.69, 9.17) is 17.3 Å². The molecular weight excluding hydrogens is 412 g/mol. The second kappa shape index (κ2) is 9.85. The van der Waals surface area contributed by atoms with E-state index in [9.17, 15) is 4.79 Å². The van der Waals surface area contributed by atoms with Gasteiger partial charge in [0.15, 0.2) is 5.82 Å². The van der Waals surface area contributed by atoms with Crippen molar-refractivity contribution in [1.82, 2.24) is 20.0 Å². The lowest BCUT2D eigenvalue weighted by atomic mass is 10.1. The van der Waals surface area contributed by atoms with Crippen molar-refractivity contribution in [2.45, 2.75) is 19.3 Å². The van der Waals surface area contributed by atoms with Crippen LogP contribution in [0, 0.1) is 0 Å². The van der Waals surface area contributed by atoms with E-state index in [0.29, 0.717) is 28.8 Å². The van der Waals surface area contributed by atoms with Gasteiger partial charge < -0.3 is 21.3 Å². The third-order valence-electron chi connectivity index (χ3n) is 5.44. The van der Waals surface area contributed by atoms with Crippen LogP contribution in [0.5, 0.6) is 0 Å². The zero-order valence-corrected chi connectivity index (χ0v) is 18.1. The van der Waals surface area contributed by atoms with Gasteiger partial charge in [0.25, 0.3) is 0 Å². The van der Waals surface area contributed by atoms with Gasteiger partial charge in [-0.1, -0.05) is 48.4 Å². The van der Waals surface area contributed by atoms with Crippen molar-refractivity contribution in [3.63, 3.8) is 0 Å². The molecule has 1 aliphatic rings. The highest BCUT2D eigenvalue weighted by atomic mass is 35.5. The lowest BCUT2D eigenvalue weighted by molar-refractivity contribution is 0.224. The van der Waals surface area contributed by atoms with Crippen molar-refractivity contribution in [2.75, 3.05) is 37.2 Å². The fraction of sp³-hybridized carbons (Fsp3) is 0.304. The van der Waals surface area contributed by atoms with Crippen molar-refractivity contribution in [2.24, 2.45) is 0 Å². The van der Waals surface area contributed by atoms with E-state index in [1.807, 2.05) is 42.5 Å². The number of carbonyl (C=O) groups excluding carboxylic acids is 1. The number of anilines is 2. The lowest BCUT2D eigenvalue weighted by Crippen LogP contribution is -2.39. The van der Waals surface area contributed by atoms with Crippen LogP contribution in [0.4, 0.5) is 16.3 Å². The van der Waals surface area contributed by atoms with E-state index in [0.717, 1.165) is 30.9 Å². The van der Waals surface area contributed by atoms with Crippen LogP contribution in [-0.2, 0) is 0 Å². The van der Waals surface area contributed by atoms with E-state index in [1.165, 1.54) is 19.3 Å². The van der Waals surface area contributed by atoms with Gasteiger partial charge in [-0.15, -0.1) is 0 Å². The first-order chi connectivity index (χ1) is 15.1. The number of aromatic nitrogens is 2. The number of amides is 2. The van der Waals surface area contributed by atoms with Gasteiger partial charge in [-0.05, 0) is 50.2 Å². The predicted octanol–water partition coefficient (Wildman–Crippen LogP) is 4.38. The number of carbonyl (C=O) groups is 1. The molecule has 0 aliphatic carbocycles. The number of nitrogens with zero attached hydrogens (tertiary/aromatic N) is 3. The number of rotatable bonds is 6. The van der Waals surface area contributed by atoms with Crippen molar-refractivity contribution >= 4 is 29.1 Å². The molecule has 4 rings (SSSR count). The molecule has 3 aromatic rings. The molecule has 1 aliphatic heterocycles. The van der Waals surface area contributed by atoms with E-state index >= 15 is 0 Å². The summed E-state index contributed by atoms with van der Waals surface area (Å²) in [6.07, 6.45) is 3.75. The smallest absolute Gasteiger partial charge is 0.319 e. The summed E-state index contributed by atoms with van der Waals surface area (Å²) < 4.78 is 1.61. The van der Waals surface area contributed by atoms with Crippen LogP contribution in [0.1, 0.15) is 19.3 Å². The molecule has 0 bridgehead atoms. The standard InChI is InChI=1S/C23H27ClN6O/c24-18-9-11-19(12-10-18)30-22(25)21(20(28-30)17-7-3-1-4-8-17)27-23(31)26-13-16-29-14-5-2-6-15-29/h1,3-4,7-12H,2,5-6,13-16,25H2,(H2,26,27,31). The fourth-order valence-electron chi connectivity index (χ4n) is 3.80. The topological polar surface area (TPSA) is 88.2 Å². The average molecular weight is 439 g/mol. The highest BCUT2D eigenvalue weighted by molar-refractivity contribution is 6.30. The van der Waals surface area contributed by atoms with Gasteiger partial charge >= 0.3 is 6.03 Å². The molecule has 0 spiro atoms. The quantitative estimate of drug-likeness (QED) is 0.532. The number of nitrogens with two attached hydrogens (primary N) is 1. The molecule has 1 fully saturated rings. The monoisotopic (exact) mass is 438 g/mol. The van der Waals surface area contributed by atoms with E-state index in [2.05, 4.69) is 20.6 Å². The lowest BCUT2D eigenvalue weighted by Gasteiger charge is -2.26. The Labute approximate surface area is 187 Å². The predicted molar refractivity (Wildman–Crippen MR) is 126 cm³/mol. The number of likely N-dealkylation sites (tertiary alicyclic amines) is 1. The number of nitrogen functional groups attached to an aromatic ring is 1. The minimum atomic E-state index is -0.295. The summed E-state index contributed by atoms with van der Waals surface area (Å²) in [4.78, 5) is 15.0. The second-order valence-corrected chi connectivity index (χ2v) is 8.08. The van der Waals surface area contributed by atoms with Crippen LogP contribution in [0.25, 0.3) is 16.9 Å². The number of piperidine rings is 1. The van der Waals surface area contributed by atoms with Gasteiger partial charge in [0.05, 0.1) is 5.69 Å². The van der Waals surface area contributed by atoms with Gasteiger partial charge in [0.1, 0.15) is 11.4 Å². The van der Waals surface area contributed by atoms with Gasteiger partial charge in [0.2, 0.25) is 0 Å². The molecule has 31 heavy (non-hydrogen) atoms. The van der Waals surface area contributed by atoms with E-state index < -0.39 is 0 Å². The molecule has 0 atom stereocenters. The average Bonchev–Trinajstić information content (AvgIpc) is 3.12. The molecule has 2 aromatic carbocycles. The van der Waals surface area contributed by atoms with E-state index in [1.54, 1.807) is 16.8 Å². The SMILES string of the molecule is Nc1c(NC(=O)NCCN2CCCCC2)c(-c2ccccc2)nn1-c1ccc(Cl)cc1. The minimum Gasteiger partial charge on any atom is -0.382 e. The number of hydrogen-bond acceptors (Lipinski definition) is 4. The van der Waals surface area contributed by atoms with Gasteiger partial charge in [-0.3, -0.25) is 0 Å². The largest absolute Gasteiger partial charge is 0.382 e. The first-order valence-electron chi connectivity index (χ1n) is 10.6. The van der Waals surface area contributed by atoms with Crippen LogP contribution in [0.2, 0.25) is 5.02 Å². The maximum absolute atomic E-state index is 12.6. The van der Waals surface area contributed by atoms with Gasteiger partial charge in [0, 0.05) is 23.7 Å². The van der Waals surface area contributed by atoms with Crippen molar-refractivity contribution in [3.8, 4) is 16.9 Å². The third-order valence-corrected chi connectivity index (χ3v) is 5.69. The van der Waals surface area contributed by atoms with Crippen molar-refractivity contribution in [1.29, 1.82) is 0 Å². The van der Waals surface area contributed by atoms with Crippen LogP contribution in [0.15, 0.2) is 54.6 Å². The maximum atomic E-state index is 12.6. The molecule has 1 aromatic heterocycles. The zero-order chi connectivity index (χ0) is 21.6. The Morgan fingerprint density at radius 2 is 1.74 bits per heavy atom. The van der Waals surface area contributed by atoms with Crippen LogP contribution >= 0.6 is 11.6 Å². The molecule has 162 valence electrons. The van der Waals surface area contributed by atoms with Gasteiger partial charge in [-0.2, -0.15) is 5.10 Å². The normalized spacial score (nSPS) is 14.4. The molecule has 2 heterocycles. The molecule has 1 saturated heterocycles. The van der Waals surface area contributed by atoms with Gasteiger partial charge in [-0.25, -0.2) is 9.48 Å². The number of halogens is 1. The summed E-state index contributed by atoms with van der Waals surface area (Å²) in [6, 6.07) is 16.6. The Morgan fingerprint density at radius 3 is 2.45 bits per heavy atom. The molecule has 0 radical (unpaired) electrons. The number of hydrogen-bond donors (Lipinski definition) is 3. The Hall–Kier alpha value is -3.03. The summed E-state index contributed by atoms with van der Waals surface area (Å²) >= 11 is 6.02. The number of nitrogens with one attached hydrogen (secondary N) is 2. The summed E-state index contributed by atoms with van der Waals surface area (Å²) in [5.41, 5.74) is 9.14. The summed E-state index contributed by atoms with van der Waals surface area (Å²) in [5, 5.41) is 11.2. The second-order valence-electron chi connectivity index (χ2n) is 7.65. The van der Waals surface area contributed by atoms with Crippen LogP contribution < -0.4 is 16.4 Å².